The zero-order valence-electron chi connectivity index (χ0n) is 10.8. The van der Waals surface area contributed by atoms with Gasteiger partial charge in [-0.1, -0.05) is 6.07 Å². The van der Waals surface area contributed by atoms with Crippen molar-refractivity contribution >= 4 is 11.6 Å². The maximum atomic E-state index is 12.6. The third-order valence-electron chi connectivity index (χ3n) is 3.66. The van der Waals surface area contributed by atoms with E-state index in [0.29, 0.717) is 18.4 Å². The molecule has 6 heteroatoms. The van der Waals surface area contributed by atoms with Gasteiger partial charge in [0.15, 0.2) is 0 Å². The second-order valence-corrected chi connectivity index (χ2v) is 5.33. The van der Waals surface area contributed by atoms with Crippen LogP contribution in [0.2, 0.25) is 0 Å². The fraction of sp³-hybridized carbons (Fsp3) is 0.500. The van der Waals surface area contributed by atoms with Crippen molar-refractivity contribution in [1.82, 2.24) is 4.90 Å². The highest BCUT2D eigenvalue weighted by Gasteiger charge is 2.41. The molecule has 1 N–H and O–H groups in total. The number of carbonyl (C=O) groups is 1. The fourth-order valence-electron chi connectivity index (χ4n) is 2.54. The first kappa shape index (κ1) is 13.3. The molecule has 1 aromatic rings. The summed E-state index contributed by atoms with van der Waals surface area (Å²) >= 11 is 0. The SMILES string of the molecule is O=C(c1ccc2c(c1)NCC2)N(CC(F)(F)F)C1CC1. The van der Waals surface area contributed by atoms with Crippen molar-refractivity contribution in [2.75, 3.05) is 18.4 Å². The van der Waals surface area contributed by atoms with Crippen molar-refractivity contribution in [3.8, 4) is 0 Å². The molecule has 0 saturated heterocycles. The van der Waals surface area contributed by atoms with Crippen LogP contribution in [-0.2, 0) is 6.42 Å². The molecule has 1 heterocycles. The molecular formula is C14H15F3N2O. The number of nitrogens with one attached hydrogen (secondary N) is 1. The first-order chi connectivity index (χ1) is 9.44. The number of halogens is 3. The minimum Gasteiger partial charge on any atom is -0.384 e. The first-order valence-electron chi connectivity index (χ1n) is 6.68. The Balaban J connectivity index is 1.82. The van der Waals surface area contributed by atoms with Gasteiger partial charge >= 0.3 is 6.18 Å². The molecule has 1 fully saturated rings. The van der Waals surface area contributed by atoms with Crippen LogP contribution in [0.15, 0.2) is 18.2 Å². The number of fused-ring (bicyclic) bond motifs is 1. The van der Waals surface area contributed by atoms with E-state index in [9.17, 15) is 18.0 Å². The third-order valence-corrected chi connectivity index (χ3v) is 3.66. The molecule has 1 amide bonds. The summed E-state index contributed by atoms with van der Waals surface area (Å²) in [6, 6.07) is 4.85. The van der Waals surface area contributed by atoms with E-state index in [0.717, 1.165) is 29.1 Å². The average molecular weight is 284 g/mol. The van der Waals surface area contributed by atoms with Crippen LogP contribution in [0.4, 0.5) is 18.9 Å². The number of alkyl halides is 3. The Hall–Kier alpha value is -1.72. The number of benzene rings is 1. The zero-order chi connectivity index (χ0) is 14.3. The number of nitrogens with zero attached hydrogens (tertiary/aromatic N) is 1. The molecular weight excluding hydrogens is 269 g/mol. The Morgan fingerprint density at radius 2 is 2.10 bits per heavy atom. The summed E-state index contributed by atoms with van der Waals surface area (Å²) < 4.78 is 37.7. The predicted molar refractivity (Wildman–Crippen MR) is 68.7 cm³/mol. The second kappa shape index (κ2) is 4.68. The number of hydrogen-bond donors (Lipinski definition) is 1. The summed E-state index contributed by atoms with van der Waals surface area (Å²) in [6.45, 7) is -0.358. The maximum Gasteiger partial charge on any atom is 0.406 e. The van der Waals surface area contributed by atoms with E-state index in [1.165, 1.54) is 0 Å². The van der Waals surface area contributed by atoms with Crippen LogP contribution in [0.25, 0.3) is 0 Å². The third kappa shape index (κ3) is 2.73. The lowest BCUT2D eigenvalue weighted by Crippen LogP contribution is -2.40. The van der Waals surface area contributed by atoms with Crippen LogP contribution in [0, 0.1) is 0 Å². The van der Waals surface area contributed by atoms with Gasteiger partial charge in [0.25, 0.3) is 5.91 Å². The van der Waals surface area contributed by atoms with Gasteiger partial charge in [0.2, 0.25) is 0 Å². The van der Waals surface area contributed by atoms with Crippen LogP contribution in [0.3, 0.4) is 0 Å². The predicted octanol–water partition coefficient (Wildman–Crippen LogP) is 2.82. The minimum absolute atomic E-state index is 0.259. The smallest absolute Gasteiger partial charge is 0.384 e. The van der Waals surface area contributed by atoms with Gasteiger partial charge in [-0.15, -0.1) is 0 Å². The molecule has 20 heavy (non-hydrogen) atoms. The van der Waals surface area contributed by atoms with E-state index in [1.807, 2.05) is 6.07 Å². The highest BCUT2D eigenvalue weighted by atomic mass is 19.4. The van der Waals surface area contributed by atoms with E-state index in [4.69, 9.17) is 0 Å². The normalized spacial score (nSPS) is 17.6. The van der Waals surface area contributed by atoms with Crippen LogP contribution >= 0.6 is 0 Å². The quantitative estimate of drug-likeness (QED) is 0.925. The Kier molecular flexibility index (Phi) is 3.11. The van der Waals surface area contributed by atoms with Gasteiger partial charge in [-0.3, -0.25) is 4.79 Å². The van der Waals surface area contributed by atoms with Crippen molar-refractivity contribution in [2.24, 2.45) is 0 Å². The average Bonchev–Trinajstić information content (AvgIpc) is 3.11. The van der Waals surface area contributed by atoms with E-state index in [1.54, 1.807) is 12.1 Å². The van der Waals surface area contributed by atoms with Crippen molar-refractivity contribution < 1.29 is 18.0 Å². The van der Waals surface area contributed by atoms with Crippen molar-refractivity contribution in [3.63, 3.8) is 0 Å². The van der Waals surface area contributed by atoms with Crippen molar-refractivity contribution in [2.45, 2.75) is 31.5 Å². The summed E-state index contributed by atoms with van der Waals surface area (Å²) in [4.78, 5) is 13.3. The molecule has 0 bridgehead atoms. The zero-order valence-corrected chi connectivity index (χ0v) is 10.8. The van der Waals surface area contributed by atoms with E-state index in [-0.39, 0.29) is 6.04 Å². The van der Waals surface area contributed by atoms with Gasteiger partial charge in [0.05, 0.1) is 0 Å². The van der Waals surface area contributed by atoms with Crippen molar-refractivity contribution in [1.29, 1.82) is 0 Å². The van der Waals surface area contributed by atoms with Crippen LogP contribution in [-0.4, -0.2) is 36.1 Å². The Bertz CT molecular complexity index is 538. The summed E-state index contributed by atoms with van der Waals surface area (Å²) in [5.41, 5.74) is 2.29. The Labute approximate surface area is 114 Å². The molecule has 1 aliphatic carbocycles. The fourth-order valence-corrected chi connectivity index (χ4v) is 2.54. The van der Waals surface area contributed by atoms with Gasteiger partial charge in [-0.25, -0.2) is 0 Å². The number of carbonyl (C=O) groups excluding carboxylic acids is 1. The molecule has 2 aliphatic rings. The van der Waals surface area contributed by atoms with E-state index in [2.05, 4.69) is 5.32 Å². The van der Waals surface area contributed by atoms with Crippen LogP contribution in [0.1, 0.15) is 28.8 Å². The number of anilines is 1. The van der Waals surface area contributed by atoms with Crippen LogP contribution < -0.4 is 5.32 Å². The molecule has 1 saturated carbocycles. The van der Waals surface area contributed by atoms with Gasteiger partial charge in [0, 0.05) is 23.8 Å². The topological polar surface area (TPSA) is 32.3 Å². The summed E-state index contributed by atoms with van der Waals surface area (Å²) in [6.07, 6.45) is -2.15. The highest BCUT2D eigenvalue weighted by molar-refractivity contribution is 5.96. The molecule has 0 spiro atoms. The molecule has 3 nitrogen and oxygen atoms in total. The monoisotopic (exact) mass is 284 g/mol. The minimum atomic E-state index is -4.35. The largest absolute Gasteiger partial charge is 0.406 e. The lowest BCUT2D eigenvalue weighted by Gasteiger charge is -2.24. The summed E-state index contributed by atoms with van der Waals surface area (Å²) in [7, 11) is 0. The van der Waals surface area contributed by atoms with Gasteiger partial charge in [0.1, 0.15) is 6.54 Å². The summed E-state index contributed by atoms with van der Waals surface area (Å²) in [5.74, 6) is -0.527. The number of amides is 1. The highest BCUT2D eigenvalue weighted by Crippen LogP contribution is 2.32. The first-order valence-corrected chi connectivity index (χ1v) is 6.68. The lowest BCUT2D eigenvalue weighted by atomic mass is 10.1. The molecule has 0 aromatic heterocycles. The van der Waals surface area contributed by atoms with Gasteiger partial charge in [-0.2, -0.15) is 13.2 Å². The molecule has 0 atom stereocenters. The van der Waals surface area contributed by atoms with Crippen molar-refractivity contribution in [3.05, 3.63) is 29.3 Å². The lowest BCUT2D eigenvalue weighted by molar-refractivity contribution is -0.141. The molecule has 0 radical (unpaired) electrons. The Morgan fingerprint density at radius 3 is 2.75 bits per heavy atom. The molecule has 1 aromatic carbocycles. The Morgan fingerprint density at radius 1 is 1.35 bits per heavy atom. The van der Waals surface area contributed by atoms with Crippen LogP contribution in [0.5, 0.6) is 0 Å². The molecule has 108 valence electrons. The summed E-state index contributed by atoms with van der Waals surface area (Å²) in [5, 5.41) is 3.13. The molecule has 1 aliphatic heterocycles. The van der Waals surface area contributed by atoms with E-state index < -0.39 is 18.6 Å². The van der Waals surface area contributed by atoms with E-state index >= 15 is 0 Å². The number of rotatable bonds is 3. The maximum absolute atomic E-state index is 12.6. The molecule has 3 rings (SSSR count). The van der Waals surface area contributed by atoms with Gasteiger partial charge < -0.3 is 10.2 Å². The van der Waals surface area contributed by atoms with Gasteiger partial charge in [-0.05, 0) is 37.0 Å². The number of hydrogen-bond acceptors (Lipinski definition) is 2. The standard InChI is InChI=1S/C14H15F3N2O/c15-14(16,17)8-19(11-3-4-11)13(20)10-2-1-9-5-6-18-12(9)7-10/h1-2,7,11,18H,3-6,8H2. The molecule has 0 unspecified atom stereocenters. The second-order valence-electron chi connectivity index (χ2n) is 5.33.